The summed E-state index contributed by atoms with van der Waals surface area (Å²) in [7, 11) is 3.14. The van der Waals surface area contributed by atoms with Crippen LogP contribution in [0.1, 0.15) is 18.9 Å². The molecule has 166 valence electrons. The fraction of sp³-hybridized carbons (Fsp3) is 0.417. The summed E-state index contributed by atoms with van der Waals surface area (Å²) in [5.74, 6) is 0.665. The largest absolute Gasteiger partial charge is 0.493 e. The first-order chi connectivity index (χ1) is 15.0. The van der Waals surface area contributed by atoms with Gasteiger partial charge in [-0.15, -0.1) is 0 Å². The number of amides is 1. The first-order valence-corrected chi connectivity index (χ1v) is 10.5. The highest BCUT2D eigenvalue weighted by molar-refractivity contribution is 5.83. The number of anilines is 1. The zero-order valence-electron chi connectivity index (χ0n) is 18.4. The second-order valence-electron chi connectivity index (χ2n) is 7.43. The molecule has 1 atom stereocenters. The molecule has 0 radical (unpaired) electrons. The summed E-state index contributed by atoms with van der Waals surface area (Å²) in [5, 5.41) is 0. The second kappa shape index (κ2) is 10.7. The molecule has 2 aromatic rings. The van der Waals surface area contributed by atoms with Crippen molar-refractivity contribution in [2.24, 2.45) is 0 Å². The molecule has 0 saturated carbocycles. The van der Waals surface area contributed by atoms with E-state index in [0.717, 1.165) is 24.3 Å². The Bertz CT molecular complexity index is 879. The van der Waals surface area contributed by atoms with E-state index >= 15 is 0 Å². The lowest BCUT2D eigenvalue weighted by Gasteiger charge is -2.37. The van der Waals surface area contributed by atoms with Gasteiger partial charge in [0.25, 0.3) is 5.91 Å². The fourth-order valence-corrected chi connectivity index (χ4v) is 3.77. The smallest absolute Gasteiger partial charge is 0.306 e. The van der Waals surface area contributed by atoms with E-state index < -0.39 is 12.1 Å². The van der Waals surface area contributed by atoms with Gasteiger partial charge in [-0.2, -0.15) is 0 Å². The molecule has 31 heavy (non-hydrogen) atoms. The number of hydrogen-bond acceptors (Lipinski definition) is 6. The van der Waals surface area contributed by atoms with Gasteiger partial charge in [0, 0.05) is 38.3 Å². The van der Waals surface area contributed by atoms with Crippen LogP contribution in [0.25, 0.3) is 0 Å². The maximum atomic E-state index is 12.7. The molecule has 7 nitrogen and oxygen atoms in total. The summed E-state index contributed by atoms with van der Waals surface area (Å²) >= 11 is 0. The number of carbonyl (C=O) groups excluding carboxylic acids is 2. The van der Waals surface area contributed by atoms with Crippen LogP contribution in [0, 0.1) is 0 Å². The van der Waals surface area contributed by atoms with Gasteiger partial charge in [0.2, 0.25) is 0 Å². The lowest BCUT2D eigenvalue weighted by molar-refractivity contribution is -0.159. The van der Waals surface area contributed by atoms with Crippen molar-refractivity contribution in [1.82, 2.24) is 4.90 Å². The van der Waals surface area contributed by atoms with Crippen molar-refractivity contribution in [2.75, 3.05) is 45.3 Å². The van der Waals surface area contributed by atoms with Crippen LogP contribution in [0.2, 0.25) is 0 Å². The molecule has 1 aliphatic rings. The Morgan fingerprint density at radius 2 is 1.65 bits per heavy atom. The van der Waals surface area contributed by atoms with Gasteiger partial charge in [0.15, 0.2) is 17.6 Å². The van der Waals surface area contributed by atoms with Gasteiger partial charge in [-0.25, -0.2) is 0 Å². The molecule has 1 amide bonds. The normalized spacial score (nSPS) is 14.7. The number of benzene rings is 2. The Kier molecular flexibility index (Phi) is 7.76. The number of nitrogens with zero attached hydrogens (tertiary/aromatic N) is 2. The topological polar surface area (TPSA) is 68.3 Å². The highest BCUT2D eigenvalue weighted by Gasteiger charge is 2.27. The Morgan fingerprint density at radius 1 is 0.935 bits per heavy atom. The van der Waals surface area contributed by atoms with E-state index in [1.807, 2.05) is 30.3 Å². The molecule has 3 rings (SSSR count). The number of carbonyl (C=O) groups is 2. The van der Waals surface area contributed by atoms with Crippen molar-refractivity contribution < 1.29 is 23.8 Å². The second-order valence-corrected chi connectivity index (χ2v) is 7.43. The van der Waals surface area contributed by atoms with Gasteiger partial charge in [0.1, 0.15) is 0 Å². The highest BCUT2D eigenvalue weighted by Crippen LogP contribution is 2.31. The average molecular weight is 427 g/mol. The summed E-state index contributed by atoms with van der Waals surface area (Å²) in [5.41, 5.74) is 2.01. The van der Waals surface area contributed by atoms with E-state index in [1.165, 1.54) is 0 Å². The number of ether oxygens (including phenoxy) is 3. The summed E-state index contributed by atoms with van der Waals surface area (Å²) < 4.78 is 16.1. The molecular formula is C24H30N2O5. The summed E-state index contributed by atoms with van der Waals surface area (Å²) in [4.78, 5) is 29.1. The minimum Gasteiger partial charge on any atom is -0.493 e. The van der Waals surface area contributed by atoms with E-state index in [2.05, 4.69) is 17.0 Å². The molecule has 1 fully saturated rings. The molecule has 1 heterocycles. The standard InChI is InChI=1S/C24H30N2O5/c1-18(24(28)26-16-14-25(15-17-26)20-9-5-4-6-10-20)31-22(27)13-12-19-8-7-11-21(29-2)23(19)30-3/h4-11,18H,12-17H2,1-3H3/t18-/m1/s1. The number of rotatable bonds is 8. The Hall–Kier alpha value is -3.22. The number of hydrogen-bond donors (Lipinski definition) is 0. The van der Waals surface area contributed by atoms with Crippen LogP contribution in [0.15, 0.2) is 48.5 Å². The van der Waals surface area contributed by atoms with Crippen molar-refractivity contribution in [3.63, 3.8) is 0 Å². The molecule has 0 aliphatic carbocycles. The fourth-order valence-electron chi connectivity index (χ4n) is 3.77. The van der Waals surface area contributed by atoms with Gasteiger partial charge >= 0.3 is 5.97 Å². The molecular weight excluding hydrogens is 396 g/mol. The number of methoxy groups -OCH3 is 2. The first-order valence-electron chi connectivity index (χ1n) is 10.5. The van der Waals surface area contributed by atoms with Gasteiger partial charge in [-0.3, -0.25) is 9.59 Å². The van der Waals surface area contributed by atoms with Crippen molar-refractivity contribution in [1.29, 1.82) is 0 Å². The average Bonchev–Trinajstić information content (AvgIpc) is 2.82. The number of para-hydroxylation sites is 2. The Balaban J connectivity index is 1.47. The molecule has 0 unspecified atom stereocenters. The van der Waals surface area contributed by atoms with Crippen LogP contribution in [0.4, 0.5) is 5.69 Å². The van der Waals surface area contributed by atoms with Crippen molar-refractivity contribution >= 4 is 17.6 Å². The lowest BCUT2D eigenvalue weighted by Crippen LogP contribution is -2.51. The predicted molar refractivity (Wildman–Crippen MR) is 119 cm³/mol. The summed E-state index contributed by atoms with van der Waals surface area (Å²) in [6.45, 7) is 4.36. The minimum atomic E-state index is -0.803. The van der Waals surface area contributed by atoms with Crippen LogP contribution in [0.3, 0.4) is 0 Å². The zero-order chi connectivity index (χ0) is 22.2. The monoisotopic (exact) mass is 426 g/mol. The molecule has 0 bridgehead atoms. The van der Waals surface area contributed by atoms with Gasteiger partial charge in [0.05, 0.1) is 14.2 Å². The van der Waals surface area contributed by atoms with E-state index in [9.17, 15) is 9.59 Å². The number of aryl methyl sites for hydroxylation is 1. The minimum absolute atomic E-state index is 0.153. The Morgan fingerprint density at radius 3 is 2.29 bits per heavy atom. The Labute approximate surface area is 183 Å². The van der Waals surface area contributed by atoms with E-state index in [-0.39, 0.29) is 12.3 Å². The molecule has 0 N–H and O–H groups in total. The molecule has 1 saturated heterocycles. The maximum Gasteiger partial charge on any atom is 0.306 e. The third-order valence-corrected chi connectivity index (χ3v) is 5.45. The van der Waals surface area contributed by atoms with Crippen molar-refractivity contribution in [3.05, 3.63) is 54.1 Å². The third kappa shape index (κ3) is 5.69. The van der Waals surface area contributed by atoms with Crippen LogP contribution >= 0.6 is 0 Å². The molecule has 0 aromatic heterocycles. The zero-order valence-corrected chi connectivity index (χ0v) is 18.4. The third-order valence-electron chi connectivity index (χ3n) is 5.45. The highest BCUT2D eigenvalue weighted by atomic mass is 16.5. The SMILES string of the molecule is COc1cccc(CCC(=O)O[C@H](C)C(=O)N2CCN(c3ccccc3)CC2)c1OC. The van der Waals surface area contributed by atoms with Gasteiger partial charge < -0.3 is 24.0 Å². The maximum absolute atomic E-state index is 12.7. The molecule has 1 aliphatic heterocycles. The van der Waals surface area contributed by atoms with Crippen molar-refractivity contribution in [2.45, 2.75) is 25.9 Å². The molecule has 7 heteroatoms. The molecule has 0 spiro atoms. The van der Waals surface area contributed by atoms with E-state index in [0.29, 0.717) is 31.0 Å². The van der Waals surface area contributed by atoms with Crippen molar-refractivity contribution in [3.8, 4) is 11.5 Å². The van der Waals surface area contributed by atoms with Crippen LogP contribution in [-0.4, -0.2) is 63.3 Å². The summed E-state index contributed by atoms with van der Waals surface area (Å²) in [6.07, 6.45) is -0.207. The van der Waals surface area contributed by atoms with Crippen LogP contribution in [-0.2, 0) is 20.7 Å². The summed E-state index contributed by atoms with van der Waals surface area (Å²) in [6, 6.07) is 15.7. The lowest BCUT2D eigenvalue weighted by atomic mass is 10.1. The van der Waals surface area contributed by atoms with Gasteiger partial charge in [-0.1, -0.05) is 30.3 Å². The van der Waals surface area contributed by atoms with E-state index in [4.69, 9.17) is 14.2 Å². The van der Waals surface area contributed by atoms with Crippen LogP contribution in [0.5, 0.6) is 11.5 Å². The number of piperazine rings is 1. The first kappa shape index (κ1) is 22.5. The quantitative estimate of drug-likeness (QED) is 0.605. The number of esters is 1. The van der Waals surface area contributed by atoms with Gasteiger partial charge in [-0.05, 0) is 37.1 Å². The molecule has 2 aromatic carbocycles. The van der Waals surface area contributed by atoms with E-state index in [1.54, 1.807) is 32.1 Å². The predicted octanol–water partition coefficient (Wildman–Crippen LogP) is 2.92. The van der Waals surface area contributed by atoms with Crippen LogP contribution < -0.4 is 14.4 Å².